The highest BCUT2D eigenvalue weighted by Gasteiger charge is 2.41. The second-order valence-electron chi connectivity index (χ2n) is 8.74. The van der Waals surface area contributed by atoms with E-state index in [-0.39, 0.29) is 29.3 Å². The Balaban J connectivity index is 1.32. The summed E-state index contributed by atoms with van der Waals surface area (Å²) in [6, 6.07) is 1.97. The zero-order valence-electron chi connectivity index (χ0n) is 16.3. The maximum absolute atomic E-state index is 13.1. The first-order valence-corrected chi connectivity index (χ1v) is 10.3. The SMILES string of the molecule is C[C@@H]1CC(NC(=O)c2cc(C3CC3)on2)CCN1C(=O)C1(C)CCNCC1. The van der Waals surface area contributed by atoms with Gasteiger partial charge in [-0.2, -0.15) is 0 Å². The molecule has 1 unspecified atom stereocenters. The van der Waals surface area contributed by atoms with Gasteiger partial charge in [0, 0.05) is 36.0 Å². The molecule has 0 aromatic carbocycles. The molecule has 148 valence electrons. The Bertz CT molecular complexity index is 706. The lowest BCUT2D eigenvalue weighted by molar-refractivity contribution is -0.146. The monoisotopic (exact) mass is 374 g/mol. The van der Waals surface area contributed by atoms with Crippen LogP contribution < -0.4 is 10.6 Å². The molecule has 1 saturated carbocycles. The minimum absolute atomic E-state index is 0.0680. The van der Waals surface area contributed by atoms with Crippen LogP contribution >= 0.6 is 0 Å². The molecule has 2 aliphatic heterocycles. The smallest absolute Gasteiger partial charge is 0.273 e. The second kappa shape index (κ2) is 7.26. The summed E-state index contributed by atoms with van der Waals surface area (Å²) in [7, 11) is 0. The van der Waals surface area contributed by atoms with Gasteiger partial charge in [0.15, 0.2) is 5.69 Å². The first kappa shape index (κ1) is 18.5. The van der Waals surface area contributed by atoms with E-state index in [1.807, 2.05) is 4.90 Å². The second-order valence-corrected chi connectivity index (χ2v) is 8.74. The Hall–Kier alpha value is -1.89. The number of carbonyl (C=O) groups is 2. The molecule has 7 nitrogen and oxygen atoms in total. The number of likely N-dealkylation sites (tertiary alicyclic amines) is 1. The average molecular weight is 374 g/mol. The van der Waals surface area contributed by atoms with Crippen molar-refractivity contribution >= 4 is 11.8 Å². The lowest BCUT2D eigenvalue weighted by Crippen LogP contribution is -2.55. The standard InChI is InChI=1S/C20H30N4O3/c1-13-11-15(22-18(25)16-12-17(27-23-16)14-3-4-14)5-10-24(13)19(26)20(2)6-8-21-9-7-20/h12-15,21H,3-11H2,1-2H3,(H,22,25)/t13-,15?/m1/s1. The van der Waals surface area contributed by atoms with Crippen LogP contribution in [0.2, 0.25) is 0 Å². The van der Waals surface area contributed by atoms with E-state index in [9.17, 15) is 9.59 Å². The van der Waals surface area contributed by atoms with Gasteiger partial charge in [0.1, 0.15) is 5.76 Å². The lowest BCUT2D eigenvalue weighted by atomic mass is 9.78. The van der Waals surface area contributed by atoms with E-state index in [1.54, 1.807) is 6.07 Å². The maximum atomic E-state index is 13.1. The molecule has 0 radical (unpaired) electrons. The van der Waals surface area contributed by atoms with Crippen molar-refractivity contribution in [2.75, 3.05) is 19.6 Å². The van der Waals surface area contributed by atoms with Crippen LogP contribution in [0.3, 0.4) is 0 Å². The van der Waals surface area contributed by atoms with Crippen LogP contribution in [0.1, 0.15) is 74.5 Å². The van der Waals surface area contributed by atoms with Crippen molar-refractivity contribution < 1.29 is 14.1 Å². The fourth-order valence-electron chi connectivity index (χ4n) is 4.36. The van der Waals surface area contributed by atoms with Crippen LogP contribution in [-0.4, -0.2) is 53.6 Å². The van der Waals surface area contributed by atoms with Crippen molar-refractivity contribution in [2.45, 2.75) is 70.4 Å². The number of amides is 2. The van der Waals surface area contributed by atoms with Gasteiger partial charge in [0.2, 0.25) is 5.91 Å². The van der Waals surface area contributed by atoms with E-state index in [1.165, 1.54) is 0 Å². The molecule has 1 aromatic rings. The van der Waals surface area contributed by atoms with E-state index >= 15 is 0 Å². The molecular weight excluding hydrogens is 344 g/mol. The molecule has 4 rings (SSSR count). The third-order valence-electron chi connectivity index (χ3n) is 6.44. The highest BCUT2D eigenvalue weighted by molar-refractivity contribution is 5.92. The summed E-state index contributed by atoms with van der Waals surface area (Å²) in [6.45, 7) is 6.69. The molecule has 27 heavy (non-hydrogen) atoms. The number of piperidine rings is 2. The number of nitrogens with zero attached hydrogens (tertiary/aromatic N) is 2. The van der Waals surface area contributed by atoms with Crippen molar-refractivity contribution in [3.8, 4) is 0 Å². The number of hydrogen-bond acceptors (Lipinski definition) is 5. The highest BCUT2D eigenvalue weighted by atomic mass is 16.5. The summed E-state index contributed by atoms with van der Waals surface area (Å²) in [4.78, 5) is 27.6. The van der Waals surface area contributed by atoms with Gasteiger partial charge in [-0.05, 0) is 58.5 Å². The van der Waals surface area contributed by atoms with E-state index < -0.39 is 0 Å². The molecule has 2 N–H and O–H groups in total. The van der Waals surface area contributed by atoms with Crippen LogP contribution in [0.25, 0.3) is 0 Å². The number of nitrogens with one attached hydrogen (secondary N) is 2. The molecule has 1 aromatic heterocycles. The normalized spacial score (nSPS) is 28.0. The van der Waals surface area contributed by atoms with Gasteiger partial charge in [-0.15, -0.1) is 0 Å². The summed E-state index contributed by atoms with van der Waals surface area (Å²) < 4.78 is 5.28. The summed E-state index contributed by atoms with van der Waals surface area (Å²) in [5.41, 5.74) is 0.112. The van der Waals surface area contributed by atoms with Crippen molar-refractivity contribution in [1.29, 1.82) is 0 Å². The van der Waals surface area contributed by atoms with Crippen molar-refractivity contribution in [3.63, 3.8) is 0 Å². The first-order chi connectivity index (χ1) is 13.0. The summed E-state index contributed by atoms with van der Waals surface area (Å²) in [5, 5.41) is 10.3. The molecule has 2 amide bonds. The number of hydrogen-bond donors (Lipinski definition) is 2. The maximum Gasteiger partial charge on any atom is 0.273 e. The number of carbonyl (C=O) groups excluding carboxylic acids is 2. The van der Waals surface area contributed by atoms with Crippen molar-refractivity contribution in [3.05, 3.63) is 17.5 Å². The van der Waals surface area contributed by atoms with E-state index in [0.29, 0.717) is 18.2 Å². The quantitative estimate of drug-likeness (QED) is 0.842. The molecule has 3 aliphatic rings. The first-order valence-electron chi connectivity index (χ1n) is 10.3. The predicted octanol–water partition coefficient (Wildman–Crippen LogP) is 2.05. The Morgan fingerprint density at radius 1 is 1.30 bits per heavy atom. The molecule has 3 fully saturated rings. The molecule has 1 aliphatic carbocycles. The van der Waals surface area contributed by atoms with E-state index in [2.05, 4.69) is 29.6 Å². The Labute approximate surface area is 160 Å². The van der Waals surface area contributed by atoms with Crippen molar-refractivity contribution in [1.82, 2.24) is 20.7 Å². The number of rotatable bonds is 4. The molecular formula is C20H30N4O3. The van der Waals surface area contributed by atoms with Gasteiger partial charge in [0.05, 0.1) is 0 Å². The summed E-state index contributed by atoms with van der Waals surface area (Å²) >= 11 is 0. The fourth-order valence-corrected chi connectivity index (χ4v) is 4.36. The van der Waals surface area contributed by atoms with Crippen LogP contribution in [0.5, 0.6) is 0 Å². The zero-order chi connectivity index (χ0) is 19.0. The lowest BCUT2D eigenvalue weighted by Gasteiger charge is -2.43. The zero-order valence-corrected chi connectivity index (χ0v) is 16.3. The largest absolute Gasteiger partial charge is 0.360 e. The summed E-state index contributed by atoms with van der Waals surface area (Å²) in [5.74, 6) is 1.37. The molecule has 2 saturated heterocycles. The van der Waals surface area contributed by atoms with Gasteiger partial charge in [-0.3, -0.25) is 9.59 Å². The number of aromatic nitrogens is 1. The van der Waals surface area contributed by atoms with Gasteiger partial charge >= 0.3 is 0 Å². The molecule has 0 spiro atoms. The predicted molar refractivity (Wildman–Crippen MR) is 100 cm³/mol. The minimum atomic E-state index is -0.254. The van der Waals surface area contributed by atoms with Gasteiger partial charge < -0.3 is 20.1 Å². The highest BCUT2D eigenvalue weighted by Crippen LogP contribution is 2.40. The Kier molecular flexibility index (Phi) is 4.97. The molecule has 0 bridgehead atoms. The van der Waals surface area contributed by atoms with Gasteiger partial charge in [0.25, 0.3) is 5.91 Å². The van der Waals surface area contributed by atoms with Crippen LogP contribution in [-0.2, 0) is 4.79 Å². The van der Waals surface area contributed by atoms with E-state index in [4.69, 9.17) is 4.52 Å². The van der Waals surface area contributed by atoms with E-state index in [0.717, 1.165) is 57.4 Å². The van der Waals surface area contributed by atoms with Crippen LogP contribution in [0.4, 0.5) is 0 Å². The van der Waals surface area contributed by atoms with Crippen molar-refractivity contribution in [2.24, 2.45) is 5.41 Å². The Morgan fingerprint density at radius 3 is 2.70 bits per heavy atom. The van der Waals surface area contributed by atoms with Crippen LogP contribution in [0, 0.1) is 5.41 Å². The topological polar surface area (TPSA) is 87.5 Å². The summed E-state index contributed by atoms with van der Waals surface area (Å²) in [6.07, 6.45) is 5.59. The Morgan fingerprint density at radius 2 is 2.04 bits per heavy atom. The third kappa shape index (κ3) is 3.88. The van der Waals surface area contributed by atoms with Gasteiger partial charge in [-0.25, -0.2) is 0 Å². The third-order valence-corrected chi connectivity index (χ3v) is 6.44. The average Bonchev–Trinajstić information content (AvgIpc) is 3.38. The minimum Gasteiger partial charge on any atom is -0.360 e. The fraction of sp³-hybridized carbons (Fsp3) is 0.750. The molecule has 7 heteroatoms. The molecule has 3 heterocycles. The van der Waals surface area contributed by atoms with Gasteiger partial charge in [-0.1, -0.05) is 12.1 Å². The molecule has 2 atom stereocenters. The van der Waals surface area contributed by atoms with Crippen LogP contribution in [0.15, 0.2) is 10.6 Å².